The summed E-state index contributed by atoms with van der Waals surface area (Å²) in [7, 11) is 0. The van der Waals surface area contributed by atoms with Crippen molar-refractivity contribution >= 4 is 23.1 Å². The number of hydrogen-bond acceptors (Lipinski definition) is 5. The number of piperidine rings is 1. The summed E-state index contributed by atoms with van der Waals surface area (Å²) >= 11 is 1.66. The number of thiophene rings is 1. The van der Waals surface area contributed by atoms with E-state index in [0.717, 1.165) is 47.9 Å². The van der Waals surface area contributed by atoms with Gasteiger partial charge in [0.25, 0.3) is 0 Å². The molecule has 1 N–H and O–H groups in total. The number of rotatable bonds is 5. The Morgan fingerprint density at radius 2 is 1.85 bits per heavy atom. The zero-order chi connectivity index (χ0) is 18.5. The van der Waals surface area contributed by atoms with Crippen molar-refractivity contribution in [2.24, 2.45) is 5.92 Å². The number of nitrogens with one attached hydrogen (secondary N) is 1. The molecule has 1 amide bonds. The zero-order valence-corrected chi connectivity index (χ0v) is 15.9. The first-order valence-electron chi connectivity index (χ1n) is 9.24. The maximum Gasteiger partial charge on any atom is 0.223 e. The molecular formula is C21H22N4OS. The molecule has 0 atom stereocenters. The largest absolute Gasteiger partial charge is 0.355 e. The summed E-state index contributed by atoms with van der Waals surface area (Å²) in [5.41, 5.74) is 2.04. The Balaban J connectivity index is 1.29. The van der Waals surface area contributed by atoms with Crippen LogP contribution in [0.15, 0.2) is 60.0 Å². The van der Waals surface area contributed by atoms with Crippen LogP contribution in [-0.4, -0.2) is 29.2 Å². The predicted octanol–water partition coefficient (Wildman–Crippen LogP) is 3.74. The van der Waals surface area contributed by atoms with Crippen molar-refractivity contribution in [2.45, 2.75) is 19.4 Å². The van der Waals surface area contributed by atoms with E-state index in [2.05, 4.69) is 20.4 Å². The molecule has 5 nitrogen and oxygen atoms in total. The standard InChI is InChI=1S/C21H22N4OS/c26-21(22-15-16-5-2-1-3-6-16)17-10-12-25(13-11-17)20-9-8-18(23-24-20)19-7-4-14-27-19/h1-9,14,17H,10-13,15H2,(H,22,26). The molecule has 1 fully saturated rings. The van der Waals surface area contributed by atoms with E-state index in [1.54, 1.807) is 11.3 Å². The number of nitrogens with zero attached hydrogens (tertiary/aromatic N) is 3. The molecule has 6 heteroatoms. The van der Waals surface area contributed by atoms with E-state index in [1.165, 1.54) is 0 Å². The Labute approximate surface area is 163 Å². The van der Waals surface area contributed by atoms with Gasteiger partial charge in [0.2, 0.25) is 5.91 Å². The summed E-state index contributed by atoms with van der Waals surface area (Å²) in [5, 5.41) is 13.8. The molecule has 0 aliphatic carbocycles. The van der Waals surface area contributed by atoms with E-state index < -0.39 is 0 Å². The first-order valence-corrected chi connectivity index (χ1v) is 10.1. The highest BCUT2D eigenvalue weighted by Gasteiger charge is 2.25. The lowest BCUT2D eigenvalue weighted by atomic mass is 9.96. The van der Waals surface area contributed by atoms with E-state index in [4.69, 9.17) is 0 Å². The van der Waals surface area contributed by atoms with Crippen LogP contribution in [0, 0.1) is 5.92 Å². The van der Waals surface area contributed by atoms with Crippen LogP contribution in [0.5, 0.6) is 0 Å². The number of carbonyl (C=O) groups excluding carboxylic acids is 1. The highest BCUT2D eigenvalue weighted by atomic mass is 32.1. The number of amides is 1. The predicted molar refractivity (Wildman–Crippen MR) is 109 cm³/mol. The average Bonchev–Trinajstić information content (AvgIpc) is 3.28. The van der Waals surface area contributed by atoms with Gasteiger partial charge in [0.1, 0.15) is 5.69 Å². The van der Waals surface area contributed by atoms with E-state index in [-0.39, 0.29) is 11.8 Å². The first-order chi connectivity index (χ1) is 13.3. The van der Waals surface area contributed by atoms with Crippen molar-refractivity contribution in [2.75, 3.05) is 18.0 Å². The fourth-order valence-corrected chi connectivity index (χ4v) is 4.04. The SMILES string of the molecule is O=C(NCc1ccccc1)C1CCN(c2ccc(-c3cccs3)nn2)CC1. The summed E-state index contributed by atoms with van der Waals surface area (Å²) < 4.78 is 0. The van der Waals surface area contributed by atoms with Gasteiger partial charge in [-0.2, -0.15) is 0 Å². The molecule has 1 aromatic carbocycles. The number of hydrogen-bond donors (Lipinski definition) is 1. The second-order valence-corrected chi connectivity index (χ2v) is 7.67. The summed E-state index contributed by atoms with van der Waals surface area (Å²) in [5.74, 6) is 1.11. The molecule has 0 saturated carbocycles. The molecule has 3 heterocycles. The van der Waals surface area contributed by atoms with Gasteiger partial charge in [0.15, 0.2) is 5.82 Å². The van der Waals surface area contributed by atoms with Crippen LogP contribution in [0.2, 0.25) is 0 Å². The number of carbonyl (C=O) groups is 1. The normalized spacial score (nSPS) is 14.9. The molecule has 27 heavy (non-hydrogen) atoms. The maximum atomic E-state index is 12.4. The minimum absolute atomic E-state index is 0.0725. The topological polar surface area (TPSA) is 58.1 Å². The minimum Gasteiger partial charge on any atom is -0.355 e. The summed E-state index contributed by atoms with van der Waals surface area (Å²) in [6, 6.07) is 18.1. The molecule has 2 aromatic heterocycles. The van der Waals surface area contributed by atoms with Crippen LogP contribution in [0.4, 0.5) is 5.82 Å². The molecular weight excluding hydrogens is 356 g/mol. The van der Waals surface area contributed by atoms with Crippen LogP contribution in [0.25, 0.3) is 10.6 Å². The van der Waals surface area contributed by atoms with Gasteiger partial charge < -0.3 is 10.2 Å². The van der Waals surface area contributed by atoms with Gasteiger partial charge in [0, 0.05) is 25.6 Å². The molecule has 3 aromatic rings. The fraction of sp³-hybridized carbons (Fsp3) is 0.286. The van der Waals surface area contributed by atoms with Crippen molar-refractivity contribution in [3.63, 3.8) is 0 Å². The molecule has 0 spiro atoms. The third-order valence-electron chi connectivity index (χ3n) is 4.92. The van der Waals surface area contributed by atoms with Crippen molar-refractivity contribution in [1.29, 1.82) is 0 Å². The molecule has 1 saturated heterocycles. The number of benzene rings is 1. The highest BCUT2D eigenvalue weighted by molar-refractivity contribution is 7.13. The molecule has 4 rings (SSSR count). The van der Waals surface area contributed by atoms with Crippen LogP contribution >= 0.6 is 11.3 Å². The van der Waals surface area contributed by atoms with E-state index >= 15 is 0 Å². The Morgan fingerprint density at radius 1 is 1.04 bits per heavy atom. The van der Waals surface area contributed by atoms with Crippen LogP contribution in [-0.2, 0) is 11.3 Å². The van der Waals surface area contributed by atoms with Crippen molar-refractivity contribution in [1.82, 2.24) is 15.5 Å². The monoisotopic (exact) mass is 378 g/mol. The first kappa shape index (κ1) is 17.7. The van der Waals surface area contributed by atoms with Gasteiger partial charge in [0.05, 0.1) is 4.88 Å². The van der Waals surface area contributed by atoms with E-state index in [9.17, 15) is 4.79 Å². The van der Waals surface area contributed by atoms with Crippen LogP contribution in [0.1, 0.15) is 18.4 Å². The van der Waals surface area contributed by atoms with Crippen molar-refractivity contribution in [3.05, 3.63) is 65.5 Å². The summed E-state index contributed by atoms with van der Waals surface area (Å²) in [6.45, 7) is 2.25. The average molecular weight is 379 g/mol. The van der Waals surface area contributed by atoms with Gasteiger partial charge in [-0.15, -0.1) is 21.5 Å². The lowest BCUT2D eigenvalue weighted by Gasteiger charge is -2.31. The lowest BCUT2D eigenvalue weighted by Crippen LogP contribution is -2.40. The fourth-order valence-electron chi connectivity index (χ4n) is 3.35. The quantitative estimate of drug-likeness (QED) is 0.735. The number of aromatic nitrogens is 2. The molecule has 1 aliphatic heterocycles. The zero-order valence-electron chi connectivity index (χ0n) is 15.0. The Morgan fingerprint density at radius 3 is 2.52 bits per heavy atom. The number of anilines is 1. The van der Waals surface area contributed by atoms with Crippen molar-refractivity contribution < 1.29 is 4.79 Å². The molecule has 0 bridgehead atoms. The van der Waals surface area contributed by atoms with Crippen LogP contribution < -0.4 is 10.2 Å². The Bertz CT molecular complexity index is 857. The second-order valence-electron chi connectivity index (χ2n) is 6.72. The Hall–Kier alpha value is -2.73. The van der Waals surface area contributed by atoms with E-state index in [1.807, 2.05) is 60.0 Å². The second kappa shape index (κ2) is 8.31. The lowest BCUT2D eigenvalue weighted by molar-refractivity contribution is -0.125. The Kier molecular flexibility index (Phi) is 5.44. The molecule has 1 aliphatic rings. The van der Waals surface area contributed by atoms with Gasteiger partial charge >= 0.3 is 0 Å². The smallest absolute Gasteiger partial charge is 0.223 e. The maximum absolute atomic E-state index is 12.4. The molecule has 0 unspecified atom stereocenters. The summed E-state index contributed by atoms with van der Waals surface area (Å²) in [4.78, 5) is 15.8. The van der Waals surface area contributed by atoms with E-state index in [0.29, 0.717) is 6.54 Å². The molecule has 0 radical (unpaired) electrons. The van der Waals surface area contributed by atoms with Gasteiger partial charge in [-0.1, -0.05) is 36.4 Å². The van der Waals surface area contributed by atoms with Gasteiger partial charge in [-0.3, -0.25) is 4.79 Å². The third-order valence-corrected chi connectivity index (χ3v) is 5.82. The van der Waals surface area contributed by atoms with Gasteiger partial charge in [-0.25, -0.2) is 0 Å². The van der Waals surface area contributed by atoms with Gasteiger partial charge in [-0.05, 0) is 42.0 Å². The third kappa shape index (κ3) is 4.34. The molecule has 138 valence electrons. The van der Waals surface area contributed by atoms with Crippen LogP contribution in [0.3, 0.4) is 0 Å². The minimum atomic E-state index is 0.0725. The van der Waals surface area contributed by atoms with Crippen molar-refractivity contribution in [3.8, 4) is 10.6 Å². The summed E-state index contributed by atoms with van der Waals surface area (Å²) in [6.07, 6.45) is 1.68. The highest BCUT2D eigenvalue weighted by Crippen LogP contribution is 2.25.